The van der Waals surface area contributed by atoms with Crippen LogP contribution < -0.4 is 0 Å². The molecular weight excluding hydrogens is 294 g/mol. The van der Waals surface area contributed by atoms with E-state index in [2.05, 4.69) is 44.9 Å². The van der Waals surface area contributed by atoms with E-state index in [1.165, 1.54) is 6.08 Å². The van der Waals surface area contributed by atoms with Gasteiger partial charge in [-0.05, 0) is 24.5 Å². The highest BCUT2D eigenvalue weighted by Gasteiger charge is 2.27. The Kier molecular flexibility index (Phi) is 5.70. The number of hydrogen-bond acceptors (Lipinski definition) is 5. The summed E-state index contributed by atoms with van der Waals surface area (Å²) in [6, 6.07) is 0. The highest BCUT2D eigenvalue weighted by atomic mass is 16.7. The largest absolute Gasteiger partial charge is 0.349 e. The highest BCUT2D eigenvalue weighted by molar-refractivity contribution is 5.94. The van der Waals surface area contributed by atoms with Crippen molar-refractivity contribution in [3.05, 3.63) is 24.0 Å². The monoisotopic (exact) mass is 321 g/mol. The van der Waals surface area contributed by atoms with Crippen LogP contribution in [0.4, 0.5) is 0 Å². The second-order valence-corrected chi connectivity index (χ2v) is 7.38. The second-order valence-electron chi connectivity index (χ2n) is 7.38. The standard InChI is InChI=1S/C17H27N3O3/c1-12(2)8-9-22-16-7-6-13(21)14(23-16)10-20-11-15(18-19-20)17(3,4)5/h6-7,11-12,14,16H,8-10H2,1-5H3/t14-,16+/m1/s1. The van der Waals surface area contributed by atoms with Gasteiger partial charge in [0.25, 0.3) is 0 Å². The summed E-state index contributed by atoms with van der Waals surface area (Å²) in [5.41, 5.74) is 0.818. The molecule has 23 heavy (non-hydrogen) atoms. The molecule has 0 saturated carbocycles. The van der Waals surface area contributed by atoms with Gasteiger partial charge in [-0.2, -0.15) is 0 Å². The molecule has 0 unspecified atom stereocenters. The van der Waals surface area contributed by atoms with Crippen molar-refractivity contribution in [3.63, 3.8) is 0 Å². The molecule has 2 heterocycles. The predicted molar refractivity (Wildman–Crippen MR) is 86.9 cm³/mol. The average Bonchev–Trinajstić information content (AvgIpc) is 2.90. The third-order valence-electron chi connectivity index (χ3n) is 3.67. The lowest BCUT2D eigenvalue weighted by Gasteiger charge is -2.25. The van der Waals surface area contributed by atoms with Crippen LogP contribution in [0.3, 0.4) is 0 Å². The summed E-state index contributed by atoms with van der Waals surface area (Å²) in [5.74, 6) is 0.507. The van der Waals surface area contributed by atoms with Gasteiger partial charge in [0.15, 0.2) is 12.1 Å². The Morgan fingerprint density at radius 1 is 1.39 bits per heavy atom. The number of carbonyl (C=O) groups is 1. The van der Waals surface area contributed by atoms with Crippen LogP contribution in [-0.2, 0) is 26.2 Å². The van der Waals surface area contributed by atoms with E-state index < -0.39 is 12.4 Å². The first-order valence-corrected chi connectivity index (χ1v) is 8.15. The number of hydrogen-bond donors (Lipinski definition) is 0. The first-order chi connectivity index (χ1) is 10.8. The van der Waals surface area contributed by atoms with E-state index in [0.717, 1.165) is 12.1 Å². The van der Waals surface area contributed by atoms with Crippen molar-refractivity contribution < 1.29 is 14.3 Å². The van der Waals surface area contributed by atoms with Crippen molar-refractivity contribution in [1.29, 1.82) is 0 Å². The minimum Gasteiger partial charge on any atom is -0.349 e. The number of rotatable bonds is 6. The van der Waals surface area contributed by atoms with E-state index in [-0.39, 0.29) is 11.2 Å². The zero-order valence-electron chi connectivity index (χ0n) is 14.7. The van der Waals surface area contributed by atoms with Crippen molar-refractivity contribution in [3.8, 4) is 0 Å². The van der Waals surface area contributed by atoms with Crippen LogP contribution in [0.25, 0.3) is 0 Å². The molecule has 0 saturated heterocycles. The molecule has 0 fully saturated rings. The van der Waals surface area contributed by atoms with Crippen LogP contribution in [0.2, 0.25) is 0 Å². The third kappa shape index (κ3) is 5.25. The fourth-order valence-electron chi connectivity index (χ4n) is 2.10. The lowest BCUT2D eigenvalue weighted by molar-refractivity contribution is -0.166. The maximum Gasteiger partial charge on any atom is 0.186 e. The first-order valence-electron chi connectivity index (χ1n) is 8.15. The number of ketones is 1. The molecule has 1 aromatic heterocycles. The Morgan fingerprint density at radius 3 is 2.74 bits per heavy atom. The van der Waals surface area contributed by atoms with Crippen molar-refractivity contribution in [2.45, 2.75) is 65.4 Å². The lowest BCUT2D eigenvalue weighted by Crippen LogP contribution is -2.36. The van der Waals surface area contributed by atoms with E-state index in [0.29, 0.717) is 19.1 Å². The summed E-state index contributed by atoms with van der Waals surface area (Å²) in [6.07, 6.45) is 4.98. The van der Waals surface area contributed by atoms with Gasteiger partial charge in [-0.25, -0.2) is 4.68 Å². The number of aromatic nitrogens is 3. The van der Waals surface area contributed by atoms with Gasteiger partial charge >= 0.3 is 0 Å². The summed E-state index contributed by atoms with van der Waals surface area (Å²) < 4.78 is 13.1. The van der Waals surface area contributed by atoms with Gasteiger partial charge in [0.2, 0.25) is 0 Å². The minimum atomic E-state index is -0.585. The van der Waals surface area contributed by atoms with Crippen LogP contribution in [-0.4, -0.2) is 39.8 Å². The van der Waals surface area contributed by atoms with Crippen LogP contribution in [0.5, 0.6) is 0 Å². The Balaban J connectivity index is 1.93. The molecule has 1 aliphatic heterocycles. The van der Waals surface area contributed by atoms with Crippen molar-refractivity contribution >= 4 is 5.78 Å². The molecule has 2 rings (SSSR count). The molecule has 0 aromatic carbocycles. The van der Waals surface area contributed by atoms with Crippen LogP contribution in [0, 0.1) is 5.92 Å². The van der Waals surface area contributed by atoms with Gasteiger partial charge in [-0.3, -0.25) is 4.79 Å². The second kappa shape index (κ2) is 7.36. The smallest absolute Gasteiger partial charge is 0.186 e. The van der Waals surface area contributed by atoms with Gasteiger partial charge in [0, 0.05) is 11.6 Å². The summed E-state index contributed by atoms with van der Waals surface area (Å²) in [5, 5.41) is 8.25. The Morgan fingerprint density at radius 2 is 2.13 bits per heavy atom. The van der Waals surface area contributed by atoms with E-state index in [1.54, 1.807) is 10.8 Å². The molecule has 1 aromatic rings. The summed E-state index contributed by atoms with van der Waals surface area (Å²) >= 11 is 0. The van der Waals surface area contributed by atoms with E-state index in [4.69, 9.17) is 9.47 Å². The lowest BCUT2D eigenvalue weighted by atomic mass is 9.93. The Hall–Kier alpha value is -1.53. The fraction of sp³-hybridized carbons (Fsp3) is 0.706. The zero-order chi connectivity index (χ0) is 17.0. The predicted octanol–water partition coefficient (Wildman–Crippen LogP) is 2.49. The maximum atomic E-state index is 12.0. The van der Waals surface area contributed by atoms with Gasteiger partial charge in [-0.1, -0.05) is 39.8 Å². The SMILES string of the molecule is CC(C)CCO[C@@H]1C=CC(=O)[C@@H](Cn2cc(C(C)(C)C)nn2)O1. The van der Waals surface area contributed by atoms with Crippen molar-refractivity contribution in [1.82, 2.24) is 15.0 Å². The van der Waals surface area contributed by atoms with Gasteiger partial charge in [-0.15, -0.1) is 5.10 Å². The molecule has 6 heteroatoms. The zero-order valence-corrected chi connectivity index (χ0v) is 14.7. The van der Waals surface area contributed by atoms with E-state index in [1.807, 2.05) is 6.20 Å². The molecule has 0 N–H and O–H groups in total. The van der Waals surface area contributed by atoms with E-state index in [9.17, 15) is 4.79 Å². The molecule has 128 valence electrons. The minimum absolute atomic E-state index is 0.0680. The molecule has 6 nitrogen and oxygen atoms in total. The fourth-order valence-corrected chi connectivity index (χ4v) is 2.10. The molecule has 0 radical (unpaired) electrons. The molecule has 2 atom stereocenters. The third-order valence-corrected chi connectivity index (χ3v) is 3.67. The number of ether oxygens (including phenoxy) is 2. The molecule has 1 aliphatic rings. The van der Waals surface area contributed by atoms with E-state index >= 15 is 0 Å². The first kappa shape index (κ1) is 17.8. The molecular formula is C17H27N3O3. The van der Waals surface area contributed by atoms with Gasteiger partial charge < -0.3 is 9.47 Å². The van der Waals surface area contributed by atoms with Gasteiger partial charge in [0.05, 0.1) is 18.8 Å². The van der Waals surface area contributed by atoms with Crippen LogP contribution in [0.1, 0.15) is 46.7 Å². The van der Waals surface area contributed by atoms with Crippen LogP contribution >= 0.6 is 0 Å². The average molecular weight is 321 g/mol. The quantitative estimate of drug-likeness (QED) is 0.805. The summed E-state index contributed by atoms with van der Waals surface area (Å²) in [7, 11) is 0. The molecule has 0 spiro atoms. The molecule has 0 aliphatic carbocycles. The Labute approximate surface area is 137 Å². The maximum absolute atomic E-state index is 12.0. The molecule has 0 amide bonds. The van der Waals surface area contributed by atoms with Crippen LogP contribution in [0.15, 0.2) is 18.3 Å². The Bertz CT molecular complexity index is 558. The van der Waals surface area contributed by atoms with Gasteiger partial charge in [0.1, 0.15) is 6.10 Å². The number of carbonyl (C=O) groups excluding carboxylic acids is 1. The summed E-state index contributed by atoms with van der Waals surface area (Å²) in [4.78, 5) is 12.0. The van der Waals surface area contributed by atoms with Crippen molar-refractivity contribution in [2.24, 2.45) is 5.92 Å². The molecule has 0 bridgehead atoms. The number of nitrogens with zero attached hydrogens (tertiary/aromatic N) is 3. The highest BCUT2D eigenvalue weighted by Crippen LogP contribution is 2.19. The summed E-state index contributed by atoms with van der Waals surface area (Å²) in [6.45, 7) is 11.5. The topological polar surface area (TPSA) is 66.2 Å². The van der Waals surface area contributed by atoms with Crippen molar-refractivity contribution in [2.75, 3.05) is 6.61 Å². The normalized spacial score (nSPS) is 22.1.